The molecule has 3 heterocycles. The molecule has 1 aliphatic rings. The maximum absolute atomic E-state index is 14.1. The summed E-state index contributed by atoms with van der Waals surface area (Å²) in [6, 6.07) is 0. The van der Waals surface area contributed by atoms with E-state index in [0.29, 0.717) is 6.42 Å². The van der Waals surface area contributed by atoms with Crippen molar-refractivity contribution in [1.82, 2.24) is 19.5 Å². The van der Waals surface area contributed by atoms with E-state index < -0.39 is 30.2 Å². The van der Waals surface area contributed by atoms with E-state index in [-0.39, 0.29) is 28.9 Å². The molecule has 0 spiro atoms. The Morgan fingerprint density at radius 3 is 2.88 bits per heavy atom. The van der Waals surface area contributed by atoms with E-state index in [1.54, 1.807) is 20.8 Å². The van der Waals surface area contributed by atoms with Crippen molar-refractivity contribution in [2.75, 3.05) is 5.32 Å². The van der Waals surface area contributed by atoms with Gasteiger partial charge >= 0.3 is 0 Å². The molecule has 25 heavy (non-hydrogen) atoms. The van der Waals surface area contributed by atoms with Crippen molar-refractivity contribution >= 4 is 23.0 Å². The molecule has 0 aromatic carbocycles. The molecule has 10 heteroatoms. The first-order valence-corrected chi connectivity index (χ1v) is 8.08. The molecule has 0 aliphatic carbocycles. The van der Waals surface area contributed by atoms with Gasteiger partial charge in [0.25, 0.3) is 5.56 Å². The van der Waals surface area contributed by atoms with Crippen LogP contribution in [0, 0.1) is 5.92 Å². The van der Waals surface area contributed by atoms with Gasteiger partial charge in [0.05, 0.1) is 12.4 Å². The highest BCUT2D eigenvalue weighted by Gasteiger charge is 2.44. The lowest BCUT2D eigenvalue weighted by atomic mass is 10.1. The summed E-state index contributed by atoms with van der Waals surface area (Å²) in [6.07, 6.45) is -3.09. The first-order valence-electron chi connectivity index (χ1n) is 8.08. The van der Waals surface area contributed by atoms with E-state index in [4.69, 9.17) is 4.74 Å². The van der Waals surface area contributed by atoms with Crippen LogP contribution in [-0.4, -0.2) is 48.9 Å². The monoisotopic (exact) mass is 353 g/mol. The van der Waals surface area contributed by atoms with Gasteiger partial charge in [-0.1, -0.05) is 20.8 Å². The first kappa shape index (κ1) is 17.5. The second-order valence-electron chi connectivity index (χ2n) is 6.29. The van der Waals surface area contributed by atoms with Crippen LogP contribution in [0.4, 0.5) is 10.3 Å². The molecule has 2 aromatic heterocycles. The lowest BCUT2D eigenvalue weighted by Gasteiger charge is -2.16. The summed E-state index contributed by atoms with van der Waals surface area (Å²) in [5.74, 6) is -0.668. The summed E-state index contributed by atoms with van der Waals surface area (Å²) < 4.78 is 20.9. The van der Waals surface area contributed by atoms with Gasteiger partial charge in [-0.25, -0.2) is 9.37 Å². The second kappa shape index (κ2) is 6.52. The molecule has 1 aliphatic heterocycles. The average molecular weight is 353 g/mol. The number of aliphatic hydroxyl groups excluding tert-OH is 1. The Hall–Kier alpha value is -2.33. The van der Waals surface area contributed by atoms with Gasteiger partial charge in [-0.15, -0.1) is 0 Å². The maximum Gasteiger partial charge on any atom is 0.280 e. The number of carbonyl (C=O) groups is 1. The maximum atomic E-state index is 14.1. The van der Waals surface area contributed by atoms with Gasteiger partial charge < -0.3 is 9.84 Å². The number of hydrogen-bond donors (Lipinski definition) is 3. The highest BCUT2D eigenvalue weighted by molar-refractivity contribution is 5.91. The third kappa shape index (κ3) is 3.02. The number of amides is 1. The van der Waals surface area contributed by atoms with Crippen LogP contribution in [0.1, 0.15) is 33.4 Å². The van der Waals surface area contributed by atoms with E-state index in [9.17, 15) is 19.1 Å². The molecule has 0 unspecified atom stereocenters. The number of nitrogens with zero attached hydrogens (tertiary/aromatic N) is 3. The fraction of sp³-hybridized carbons (Fsp3) is 0.600. The molecule has 136 valence electrons. The minimum absolute atomic E-state index is 0.00806. The molecule has 0 saturated carbocycles. The molecule has 2 aromatic rings. The largest absolute Gasteiger partial charge is 0.385 e. The van der Waals surface area contributed by atoms with Crippen LogP contribution in [0.2, 0.25) is 0 Å². The van der Waals surface area contributed by atoms with Crippen molar-refractivity contribution in [2.24, 2.45) is 5.92 Å². The molecule has 0 bridgehead atoms. The van der Waals surface area contributed by atoms with Crippen molar-refractivity contribution in [1.29, 1.82) is 0 Å². The zero-order valence-corrected chi connectivity index (χ0v) is 14.1. The lowest BCUT2D eigenvalue weighted by Crippen LogP contribution is -2.28. The number of imidazole rings is 1. The predicted octanol–water partition coefficient (Wildman–Crippen LogP) is 0.720. The number of nitrogens with one attached hydrogen (secondary N) is 2. The number of aromatic amines is 1. The highest BCUT2D eigenvalue weighted by atomic mass is 19.1. The molecule has 9 nitrogen and oxygen atoms in total. The van der Waals surface area contributed by atoms with E-state index >= 15 is 0 Å². The third-order valence-corrected chi connectivity index (χ3v) is 4.16. The Kier molecular flexibility index (Phi) is 4.56. The van der Waals surface area contributed by atoms with E-state index in [1.165, 1.54) is 10.9 Å². The average Bonchev–Trinajstić information content (AvgIpc) is 3.10. The first-order chi connectivity index (χ1) is 11.8. The Morgan fingerprint density at radius 2 is 2.28 bits per heavy atom. The second-order valence-corrected chi connectivity index (χ2v) is 6.29. The molecule has 1 fully saturated rings. The van der Waals surface area contributed by atoms with Crippen molar-refractivity contribution in [3.05, 3.63) is 16.7 Å². The smallest absolute Gasteiger partial charge is 0.280 e. The topological polar surface area (TPSA) is 122 Å². The zero-order chi connectivity index (χ0) is 18.3. The molecule has 4 atom stereocenters. The summed E-state index contributed by atoms with van der Waals surface area (Å²) in [4.78, 5) is 34.5. The number of aromatic nitrogens is 4. The van der Waals surface area contributed by atoms with Crippen molar-refractivity contribution in [2.45, 2.75) is 51.8 Å². The summed E-state index contributed by atoms with van der Waals surface area (Å²) in [5, 5.41) is 12.6. The van der Waals surface area contributed by atoms with Crippen molar-refractivity contribution < 1.29 is 19.0 Å². The minimum atomic E-state index is -1.55. The highest BCUT2D eigenvalue weighted by Crippen LogP contribution is 2.34. The third-order valence-electron chi connectivity index (χ3n) is 4.16. The number of aliphatic hydroxyl groups is 1. The zero-order valence-electron chi connectivity index (χ0n) is 14.1. The van der Waals surface area contributed by atoms with Gasteiger partial charge in [-0.3, -0.25) is 24.5 Å². The van der Waals surface area contributed by atoms with Crippen molar-refractivity contribution in [3.8, 4) is 0 Å². The molecule has 0 radical (unpaired) electrons. The SMILES string of the molecule is CC[C@H]1O[C@@H](n2cnc3c(=O)[nH]c(NC(=O)C(C)C)nc32)[C@H](O)[C@H]1F. The number of fused-ring (bicyclic) bond motifs is 1. The number of H-pyrrole nitrogens is 1. The Bertz CT molecular complexity index is 848. The number of carbonyl (C=O) groups excluding carboxylic acids is 1. The van der Waals surface area contributed by atoms with Crippen LogP contribution < -0.4 is 10.9 Å². The van der Waals surface area contributed by atoms with E-state index in [0.717, 1.165) is 0 Å². The molecule has 1 amide bonds. The molecule has 3 rings (SSSR count). The van der Waals surface area contributed by atoms with E-state index in [2.05, 4.69) is 20.3 Å². The van der Waals surface area contributed by atoms with Crippen LogP contribution in [0.3, 0.4) is 0 Å². The Balaban J connectivity index is 2.01. The van der Waals surface area contributed by atoms with Gasteiger partial charge in [0.15, 0.2) is 23.6 Å². The molecular formula is C15H20FN5O4. The standard InChI is InChI=1S/C15H20FN5O4/c1-4-7-8(16)10(22)14(25-7)21-5-17-9-11(21)18-15(20-13(9)24)19-12(23)6(2)3/h5-8,10,14,22H,4H2,1-3H3,(H2,18,19,20,23,24)/t7-,8+,10-,14-/m1/s1. The number of anilines is 1. The van der Waals surface area contributed by atoms with Crippen LogP contribution >= 0.6 is 0 Å². The summed E-state index contributed by atoms with van der Waals surface area (Å²) >= 11 is 0. The van der Waals surface area contributed by atoms with Gasteiger partial charge in [0.2, 0.25) is 11.9 Å². The number of alkyl halides is 1. The van der Waals surface area contributed by atoms with E-state index in [1.807, 2.05) is 0 Å². The van der Waals surface area contributed by atoms with Gasteiger partial charge in [-0.05, 0) is 6.42 Å². The van der Waals surface area contributed by atoms with Crippen LogP contribution in [-0.2, 0) is 9.53 Å². The quantitative estimate of drug-likeness (QED) is 0.744. The van der Waals surface area contributed by atoms with Gasteiger partial charge in [-0.2, -0.15) is 4.98 Å². The summed E-state index contributed by atoms with van der Waals surface area (Å²) in [5.41, 5.74) is -0.455. The van der Waals surface area contributed by atoms with Gasteiger partial charge in [0, 0.05) is 5.92 Å². The minimum Gasteiger partial charge on any atom is -0.385 e. The Morgan fingerprint density at radius 1 is 1.56 bits per heavy atom. The van der Waals surface area contributed by atoms with Crippen LogP contribution in [0.25, 0.3) is 11.2 Å². The van der Waals surface area contributed by atoms with Crippen LogP contribution in [0.5, 0.6) is 0 Å². The summed E-state index contributed by atoms with van der Waals surface area (Å²) in [7, 11) is 0. The number of halogens is 1. The predicted molar refractivity (Wildman–Crippen MR) is 86.7 cm³/mol. The molecular weight excluding hydrogens is 333 g/mol. The number of hydrogen-bond acceptors (Lipinski definition) is 6. The van der Waals surface area contributed by atoms with Crippen LogP contribution in [0.15, 0.2) is 11.1 Å². The number of rotatable bonds is 4. The van der Waals surface area contributed by atoms with Gasteiger partial charge in [0.1, 0.15) is 6.10 Å². The lowest BCUT2D eigenvalue weighted by molar-refractivity contribution is -0.118. The normalized spacial score (nSPS) is 26.5. The molecule has 1 saturated heterocycles. The van der Waals surface area contributed by atoms with Crippen molar-refractivity contribution in [3.63, 3.8) is 0 Å². The Labute approximate surface area is 142 Å². The molecule has 3 N–H and O–H groups in total. The fourth-order valence-electron chi connectivity index (χ4n) is 2.70. The fourth-order valence-corrected chi connectivity index (χ4v) is 2.70. The summed E-state index contributed by atoms with van der Waals surface area (Å²) in [6.45, 7) is 5.15. The number of ether oxygens (including phenoxy) is 1.